The highest BCUT2D eigenvalue weighted by molar-refractivity contribution is 9.10. The second-order valence-electron chi connectivity index (χ2n) is 30.2. The first-order valence-corrected chi connectivity index (χ1v) is 50.7. The fourth-order valence-electron chi connectivity index (χ4n) is 11.5. The predicted octanol–water partition coefficient (Wildman–Crippen LogP) is 8.19. The Labute approximate surface area is 772 Å². The van der Waals surface area contributed by atoms with Gasteiger partial charge in [-0.25, -0.2) is 53.1 Å². The number of nitrogens with zero attached hydrogens (tertiary/aromatic N) is 12. The second kappa shape index (κ2) is 47.9. The lowest BCUT2D eigenvalue weighted by molar-refractivity contribution is -0.119. The Kier molecular flexibility index (Phi) is 38.2. The molecule has 0 radical (unpaired) electrons. The fourth-order valence-corrected chi connectivity index (χ4v) is 19.7. The number of carbonyl (C=O) groups excluding carboxylic acids is 4. The minimum atomic E-state index is -3.64. The molecule has 133 heavy (non-hydrogen) atoms. The molecular formula is C79H103BrClFN24O22P4S. The summed E-state index contributed by atoms with van der Waals surface area (Å²) < 4.78 is 143. The van der Waals surface area contributed by atoms with Gasteiger partial charge < -0.3 is 78.2 Å². The van der Waals surface area contributed by atoms with E-state index in [0.717, 1.165) is 27.4 Å². The Bertz CT molecular complexity index is 6550. The number of rotatable bonds is 45. The molecule has 12 aromatic rings. The Morgan fingerprint density at radius 3 is 1.00 bits per heavy atom. The molecule has 0 bridgehead atoms. The number of aryl methyl sites for hydroxylation is 2. The third-order valence-corrected chi connectivity index (χ3v) is 28.8. The molecule has 0 spiro atoms. The Morgan fingerprint density at radius 1 is 0.444 bits per heavy atom. The molecule has 4 aromatic carbocycles. The van der Waals surface area contributed by atoms with E-state index in [9.17, 15) is 69.4 Å². The van der Waals surface area contributed by atoms with Gasteiger partial charge in [-0.05, 0) is 139 Å². The highest BCUT2D eigenvalue weighted by atomic mass is 79.9. The number of imidazole rings is 4. The van der Waals surface area contributed by atoms with Crippen LogP contribution in [0, 0.1) is 19.7 Å². The molecule has 0 aliphatic heterocycles. The van der Waals surface area contributed by atoms with Gasteiger partial charge in [-0.2, -0.15) is 19.9 Å². The summed E-state index contributed by atoms with van der Waals surface area (Å²) in [5.41, 5.74) is 26.4. The van der Waals surface area contributed by atoms with E-state index in [1.165, 1.54) is 71.2 Å². The maximum atomic E-state index is 13.8. The number of nitrogen functional groups attached to an aromatic ring is 4. The molecule has 0 saturated heterocycles. The molecule has 8 heterocycles. The summed E-state index contributed by atoms with van der Waals surface area (Å²) in [6.45, 7) is 16.7. The molecule has 8 aromatic heterocycles. The molecule has 0 aliphatic carbocycles. The highest BCUT2D eigenvalue weighted by Crippen LogP contribution is 2.47. The number of carbonyl (C=O) groups is 4. The van der Waals surface area contributed by atoms with Crippen molar-refractivity contribution in [3.05, 3.63) is 200 Å². The van der Waals surface area contributed by atoms with Gasteiger partial charge in [-0.15, -0.1) is 0 Å². The van der Waals surface area contributed by atoms with Crippen LogP contribution in [0.15, 0.2) is 139 Å². The van der Waals surface area contributed by atoms with Gasteiger partial charge in [0.2, 0.25) is 23.8 Å². The summed E-state index contributed by atoms with van der Waals surface area (Å²) in [5, 5.41) is 11.5. The quantitative estimate of drug-likeness (QED) is 0.0126. The van der Waals surface area contributed by atoms with Crippen LogP contribution in [0.4, 0.5) is 28.2 Å². The molecule has 0 fully saturated rings. The van der Waals surface area contributed by atoms with Crippen molar-refractivity contribution in [3.8, 4) is 0 Å². The van der Waals surface area contributed by atoms with Crippen LogP contribution in [0.3, 0.4) is 0 Å². The fraction of sp³-hybridized carbons (Fsp3) is 0.392. The normalized spacial score (nSPS) is 14.4. The van der Waals surface area contributed by atoms with E-state index < -0.39 is 92.1 Å². The van der Waals surface area contributed by atoms with Crippen LogP contribution in [0.5, 0.6) is 0 Å². The van der Waals surface area contributed by atoms with Crippen molar-refractivity contribution >= 4 is 159 Å². The van der Waals surface area contributed by atoms with Gasteiger partial charge in [0.15, 0.2) is 54.5 Å². The first-order chi connectivity index (χ1) is 62.7. The molecule has 46 nitrogen and oxygen atoms in total. The summed E-state index contributed by atoms with van der Waals surface area (Å²) in [5.74, 6) is -1.33. The molecule has 8 atom stereocenters. The molecule has 12 rings (SSSR count). The van der Waals surface area contributed by atoms with E-state index in [1.54, 1.807) is 83.2 Å². The van der Waals surface area contributed by atoms with E-state index in [0.29, 0.717) is 45.2 Å². The van der Waals surface area contributed by atoms with E-state index in [-0.39, 0.29) is 177 Å². The number of Topliss-reactive ketones (excluding diaryl/α,β-unsaturated/α-hetero) is 4. The molecule has 54 heteroatoms. The van der Waals surface area contributed by atoms with Crippen LogP contribution < -0.4 is 65.5 Å². The average molecular weight is 2030 g/mol. The zero-order chi connectivity index (χ0) is 97.5. The van der Waals surface area contributed by atoms with Gasteiger partial charge >= 0.3 is 0 Å². The van der Waals surface area contributed by atoms with Gasteiger partial charge in [-0.3, -0.25) is 76.6 Å². The van der Waals surface area contributed by atoms with Crippen molar-refractivity contribution in [1.29, 1.82) is 0 Å². The van der Waals surface area contributed by atoms with E-state index in [2.05, 4.69) is 96.1 Å². The summed E-state index contributed by atoms with van der Waals surface area (Å²) in [6, 6.07) is 20.5. The van der Waals surface area contributed by atoms with Gasteiger partial charge in [0.25, 0.3) is 52.3 Å². The number of fused-ring (bicyclic) bond motifs is 4. The molecule has 8 unspecified atom stereocenters. The number of ether oxygens (including phenoxy) is 4. The van der Waals surface area contributed by atoms with Crippen molar-refractivity contribution in [2.45, 2.75) is 151 Å². The third kappa shape index (κ3) is 31.7. The molecular weight excluding hydrogens is 1930 g/mol. The van der Waals surface area contributed by atoms with Crippen LogP contribution in [-0.2, 0) is 137 Å². The summed E-state index contributed by atoms with van der Waals surface area (Å²) in [4.78, 5) is 136. The number of ketones is 4. The van der Waals surface area contributed by atoms with Gasteiger partial charge in [0.05, 0.1) is 107 Å². The summed E-state index contributed by atoms with van der Waals surface area (Å²) in [7, 11) is -17.7. The molecule has 718 valence electrons. The van der Waals surface area contributed by atoms with Crippen LogP contribution >= 0.6 is 57.6 Å². The van der Waals surface area contributed by atoms with Crippen molar-refractivity contribution < 1.29 is 87.3 Å². The number of aromatic amines is 4. The SMILES string of the molecule is CC(=O)C(C)NP(=O)(COCCn1cnc2c(=O)[nH]c(N)nc21)OCc1ccc(C)c(Cl)c1.CC(=O)C(C)NP(=O)(COCCn1cnc2c(=O)[nH]c(N)nc21)OCc1ccc(C)c(F)c1.CC(=O)C(C)NP(=O)(COCCn1cnc2c(=O)[nH]c(N)nc21)OCc1ccc(S(C)(=O)=O)cc1.CC(=O)C(C)NP(=O)(COCCn1cnc2c(=O)[nH]c(N)nc21)OCc1cccc(Br)c1. The first-order valence-electron chi connectivity index (χ1n) is 40.4. The van der Waals surface area contributed by atoms with Crippen LogP contribution in [0.25, 0.3) is 44.7 Å². The average Bonchev–Trinajstić information content (AvgIpc) is 1.67. The second-order valence-corrected chi connectivity index (χ2v) is 42.1. The van der Waals surface area contributed by atoms with Gasteiger partial charge in [0.1, 0.15) is 54.3 Å². The Balaban J connectivity index is 0.000000199. The van der Waals surface area contributed by atoms with Gasteiger partial charge in [-0.1, -0.05) is 76.1 Å². The standard InChI is InChI=1S/C20H26ClN6O5P.C20H26FN6O5P.C20H27N6O7PS.C19H24BrN6O5P/c2*1-12-4-5-15(8-16(12)21)9-32-33(30,26-13(2)14(3)28)11-31-7-6-27-10-23-17-18(27)24-20(22)25-19(17)29;1-13(14(2)27)25-34(29,33-10-15-4-6-16(7-5-15)35(3,30)31)12-32-9-8-26-11-22-17-18(26)23-20(21)24-19(17)28;1-12(13(2)27)25-32(29,31-9-14-4-3-5-15(20)8-14)11-30-7-6-26-10-22-16-17(26)23-19(21)24-18(16)28/h2*4-5,8,10,13H,6-7,9,11H2,1-3H3,(H,26,30)(H3,22,24,25,29);4-7,11,13H,8-10,12H2,1-3H3,(H,25,29)(H3,21,23,24,28);3-5,8,10,12H,6-7,9,11H2,1-2H3,(H,25,29)(H3,21,23,24,28). The largest absolute Gasteiger partial charge is 0.369 e. The molecule has 16 N–H and O–H groups in total. The number of H-pyrrole nitrogens is 4. The number of nitrogens with one attached hydrogen (secondary N) is 8. The highest BCUT2D eigenvalue weighted by Gasteiger charge is 2.33. The lowest BCUT2D eigenvalue weighted by Crippen LogP contribution is -2.32. The maximum Gasteiger partial charge on any atom is 0.295 e. The maximum absolute atomic E-state index is 13.8. The number of aromatic nitrogens is 16. The lowest BCUT2D eigenvalue weighted by Gasteiger charge is -2.23. The number of sulfone groups is 1. The Morgan fingerprint density at radius 2 is 0.722 bits per heavy atom. The number of nitrogens with two attached hydrogens (primary N) is 4. The van der Waals surface area contributed by atoms with Crippen molar-refractivity contribution in [2.24, 2.45) is 0 Å². The lowest BCUT2D eigenvalue weighted by atomic mass is 10.1. The topological polar surface area (TPSA) is 651 Å². The first kappa shape index (κ1) is 106. The number of anilines is 4. The minimum Gasteiger partial charge on any atom is -0.369 e. The minimum absolute atomic E-state index is 0.0157. The number of hydrogen-bond acceptors (Lipinski definition) is 34. The van der Waals surface area contributed by atoms with Crippen molar-refractivity contribution in [1.82, 2.24) is 98.4 Å². The zero-order valence-corrected chi connectivity index (χ0v) is 80.7. The van der Waals surface area contributed by atoms with Crippen LogP contribution in [-0.4, -0.2) is 192 Å². The molecule has 0 aliphatic rings. The van der Waals surface area contributed by atoms with Crippen LogP contribution in [0.2, 0.25) is 5.02 Å². The molecule has 0 amide bonds. The monoisotopic (exact) mass is 2030 g/mol. The Hall–Kier alpha value is -10.8. The van der Waals surface area contributed by atoms with Crippen LogP contribution in [0.1, 0.15) is 88.8 Å². The van der Waals surface area contributed by atoms with E-state index in [4.69, 9.17) is 71.6 Å². The molecule has 0 saturated carbocycles. The summed E-state index contributed by atoms with van der Waals surface area (Å²) in [6.07, 6.45) is 5.66. The summed E-state index contributed by atoms with van der Waals surface area (Å²) >= 11 is 9.54. The third-order valence-electron chi connectivity index (χ3n) is 19.4. The number of benzene rings is 4. The van der Waals surface area contributed by atoms with E-state index >= 15 is 0 Å². The van der Waals surface area contributed by atoms with Crippen molar-refractivity contribution in [3.63, 3.8) is 0 Å². The number of halogens is 3. The van der Waals surface area contributed by atoms with Crippen molar-refractivity contribution in [2.75, 3.05) is 81.0 Å². The predicted molar refractivity (Wildman–Crippen MR) is 497 cm³/mol. The van der Waals surface area contributed by atoms with Gasteiger partial charge in [0, 0.05) is 41.9 Å². The smallest absolute Gasteiger partial charge is 0.295 e. The van der Waals surface area contributed by atoms with E-state index in [1.807, 2.05) is 43.3 Å². The number of hydrogen-bond donors (Lipinski definition) is 12. The zero-order valence-electron chi connectivity index (χ0n) is 74.0.